The third-order valence-electron chi connectivity index (χ3n) is 3.13. The molecule has 0 unspecified atom stereocenters. The minimum absolute atomic E-state index is 0.261. The van der Waals surface area contributed by atoms with Gasteiger partial charge in [0.2, 0.25) is 0 Å². The van der Waals surface area contributed by atoms with Gasteiger partial charge in [0.1, 0.15) is 5.03 Å². The van der Waals surface area contributed by atoms with Gasteiger partial charge in [-0.1, -0.05) is 60.3 Å². The van der Waals surface area contributed by atoms with Crippen LogP contribution in [0.2, 0.25) is 0 Å². The van der Waals surface area contributed by atoms with Gasteiger partial charge in [-0.05, 0) is 29.8 Å². The zero-order valence-corrected chi connectivity index (χ0v) is 13.2. The van der Waals surface area contributed by atoms with Crippen LogP contribution in [-0.4, -0.2) is 16.1 Å². The maximum atomic E-state index is 12.1. The maximum absolute atomic E-state index is 12.1. The first-order chi connectivity index (χ1) is 11.3. The van der Waals surface area contributed by atoms with E-state index in [-0.39, 0.29) is 5.91 Å². The van der Waals surface area contributed by atoms with Crippen molar-refractivity contribution in [1.82, 2.24) is 10.2 Å². The first kappa shape index (κ1) is 15.2. The van der Waals surface area contributed by atoms with E-state index in [0.717, 1.165) is 16.5 Å². The van der Waals surface area contributed by atoms with Crippen molar-refractivity contribution in [2.45, 2.75) is 10.8 Å². The van der Waals surface area contributed by atoms with Crippen LogP contribution in [0.1, 0.15) is 16.1 Å². The summed E-state index contributed by atoms with van der Waals surface area (Å²) >= 11 is 1.59. The Morgan fingerprint density at radius 1 is 0.870 bits per heavy atom. The second kappa shape index (κ2) is 7.56. The van der Waals surface area contributed by atoms with Crippen molar-refractivity contribution in [3.8, 4) is 0 Å². The number of carbonyl (C=O) groups excluding carboxylic acids is 1. The number of hydrogen-bond acceptors (Lipinski definition) is 4. The molecule has 23 heavy (non-hydrogen) atoms. The van der Waals surface area contributed by atoms with Crippen LogP contribution in [0.5, 0.6) is 0 Å². The molecule has 0 aliphatic carbocycles. The Bertz CT molecular complexity index is 761. The zero-order valence-electron chi connectivity index (χ0n) is 12.3. The van der Waals surface area contributed by atoms with E-state index in [9.17, 15) is 4.79 Å². The third-order valence-corrected chi connectivity index (χ3v) is 4.13. The molecule has 5 heteroatoms. The van der Waals surface area contributed by atoms with E-state index in [1.54, 1.807) is 17.8 Å². The number of anilines is 1. The van der Waals surface area contributed by atoms with Crippen molar-refractivity contribution in [2.75, 3.05) is 5.32 Å². The minimum atomic E-state index is -0.261. The molecule has 0 radical (unpaired) electrons. The summed E-state index contributed by atoms with van der Waals surface area (Å²) in [7, 11) is 0. The molecular weight excluding hydrogens is 306 g/mol. The average molecular weight is 321 g/mol. The Hall–Kier alpha value is -2.66. The molecule has 1 aromatic heterocycles. The van der Waals surface area contributed by atoms with Gasteiger partial charge in [-0.25, -0.2) is 0 Å². The molecule has 0 aliphatic rings. The number of carbonyl (C=O) groups is 1. The van der Waals surface area contributed by atoms with Gasteiger partial charge >= 0.3 is 0 Å². The SMILES string of the molecule is O=C(Nc1ccccc1)c1ccc(SCc2ccccc2)nn1. The van der Waals surface area contributed by atoms with E-state index in [1.807, 2.05) is 54.6 Å². The number of nitrogens with one attached hydrogen (secondary N) is 1. The van der Waals surface area contributed by atoms with Crippen LogP contribution in [0.15, 0.2) is 77.8 Å². The number of hydrogen-bond donors (Lipinski definition) is 1. The predicted molar refractivity (Wildman–Crippen MR) is 92.4 cm³/mol. The Labute approximate surface area is 139 Å². The van der Waals surface area contributed by atoms with Gasteiger partial charge in [0.05, 0.1) is 0 Å². The Morgan fingerprint density at radius 3 is 2.22 bits per heavy atom. The van der Waals surface area contributed by atoms with Gasteiger partial charge in [0.25, 0.3) is 5.91 Å². The van der Waals surface area contributed by atoms with Gasteiger partial charge in [-0.15, -0.1) is 10.2 Å². The van der Waals surface area contributed by atoms with Crippen LogP contribution in [0.3, 0.4) is 0 Å². The highest BCUT2D eigenvalue weighted by Gasteiger charge is 2.08. The molecule has 2 aromatic carbocycles. The van der Waals surface area contributed by atoms with Crippen molar-refractivity contribution in [3.63, 3.8) is 0 Å². The molecular formula is C18H15N3OS. The summed E-state index contributed by atoms with van der Waals surface area (Å²) in [5.74, 6) is 0.564. The Morgan fingerprint density at radius 2 is 1.57 bits per heavy atom. The molecule has 0 spiro atoms. The first-order valence-electron chi connectivity index (χ1n) is 7.18. The van der Waals surface area contributed by atoms with E-state index in [0.29, 0.717) is 5.69 Å². The van der Waals surface area contributed by atoms with Gasteiger partial charge < -0.3 is 5.32 Å². The molecule has 0 bridgehead atoms. The normalized spacial score (nSPS) is 10.3. The summed E-state index contributed by atoms with van der Waals surface area (Å²) in [6, 6.07) is 23.0. The lowest BCUT2D eigenvalue weighted by molar-refractivity contribution is 0.102. The molecule has 1 N–H and O–H groups in total. The topological polar surface area (TPSA) is 54.9 Å². The highest BCUT2D eigenvalue weighted by molar-refractivity contribution is 7.98. The summed E-state index contributed by atoms with van der Waals surface area (Å²) in [6.45, 7) is 0. The lowest BCUT2D eigenvalue weighted by Crippen LogP contribution is -2.14. The zero-order chi connectivity index (χ0) is 15.9. The standard InChI is InChI=1S/C18H15N3OS/c22-18(19-15-9-5-2-6-10-15)16-11-12-17(21-20-16)23-13-14-7-3-1-4-8-14/h1-12H,13H2,(H,19,22). The number of amides is 1. The van der Waals surface area contributed by atoms with Crippen LogP contribution in [0.25, 0.3) is 0 Å². The second-order valence-electron chi connectivity index (χ2n) is 4.85. The summed E-state index contributed by atoms with van der Waals surface area (Å²) in [6.07, 6.45) is 0. The number of para-hydroxylation sites is 1. The Kier molecular flexibility index (Phi) is 5.01. The number of thioether (sulfide) groups is 1. The largest absolute Gasteiger partial charge is 0.321 e. The van der Waals surface area contributed by atoms with Crippen molar-refractivity contribution < 1.29 is 4.79 Å². The molecule has 0 aliphatic heterocycles. The fourth-order valence-electron chi connectivity index (χ4n) is 1.97. The highest BCUT2D eigenvalue weighted by atomic mass is 32.2. The third kappa shape index (κ3) is 4.40. The highest BCUT2D eigenvalue weighted by Crippen LogP contribution is 2.20. The van der Waals surface area contributed by atoms with Crippen LogP contribution in [0, 0.1) is 0 Å². The summed E-state index contributed by atoms with van der Waals surface area (Å²) in [4.78, 5) is 12.1. The number of nitrogens with zero attached hydrogens (tertiary/aromatic N) is 2. The molecule has 0 saturated heterocycles. The van der Waals surface area contributed by atoms with Gasteiger partial charge in [-0.3, -0.25) is 4.79 Å². The molecule has 3 rings (SSSR count). The first-order valence-corrected chi connectivity index (χ1v) is 8.17. The quantitative estimate of drug-likeness (QED) is 0.721. The Balaban J connectivity index is 1.59. The van der Waals surface area contributed by atoms with E-state index >= 15 is 0 Å². The van der Waals surface area contributed by atoms with Gasteiger partial charge in [0, 0.05) is 11.4 Å². The fourth-order valence-corrected chi connectivity index (χ4v) is 2.74. The monoisotopic (exact) mass is 321 g/mol. The van der Waals surface area contributed by atoms with Crippen molar-refractivity contribution in [1.29, 1.82) is 0 Å². The fraction of sp³-hybridized carbons (Fsp3) is 0.0556. The average Bonchev–Trinajstić information content (AvgIpc) is 2.62. The molecule has 0 atom stereocenters. The molecule has 1 heterocycles. The second-order valence-corrected chi connectivity index (χ2v) is 5.85. The van der Waals surface area contributed by atoms with Gasteiger partial charge in [-0.2, -0.15) is 0 Å². The molecule has 3 aromatic rings. The van der Waals surface area contributed by atoms with Crippen LogP contribution in [0.4, 0.5) is 5.69 Å². The molecule has 0 fully saturated rings. The minimum Gasteiger partial charge on any atom is -0.321 e. The summed E-state index contributed by atoms with van der Waals surface area (Å²) in [5, 5.41) is 11.7. The molecule has 0 saturated carbocycles. The van der Waals surface area contributed by atoms with Crippen LogP contribution >= 0.6 is 11.8 Å². The molecule has 1 amide bonds. The number of rotatable bonds is 5. The van der Waals surface area contributed by atoms with E-state index < -0.39 is 0 Å². The maximum Gasteiger partial charge on any atom is 0.276 e. The van der Waals surface area contributed by atoms with Crippen molar-refractivity contribution in [3.05, 3.63) is 84.1 Å². The van der Waals surface area contributed by atoms with E-state index in [1.165, 1.54) is 5.56 Å². The summed E-state index contributed by atoms with van der Waals surface area (Å²) < 4.78 is 0. The van der Waals surface area contributed by atoms with Crippen molar-refractivity contribution in [2.24, 2.45) is 0 Å². The summed E-state index contributed by atoms with van der Waals surface area (Å²) in [5.41, 5.74) is 2.27. The lowest BCUT2D eigenvalue weighted by Gasteiger charge is -2.04. The smallest absolute Gasteiger partial charge is 0.276 e. The van der Waals surface area contributed by atoms with E-state index in [2.05, 4.69) is 27.6 Å². The van der Waals surface area contributed by atoms with Crippen LogP contribution < -0.4 is 5.32 Å². The number of benzene rings is 2. The predicted octanol–water partition coefficient (Wildman–Crippen LogP) is 4.02. The molecule has 114 valence electrons. The van der Waals surface area contributed by atoms with Crippen LogP contribution in [-0.2, 0) is 5.75 Å². The lowest BCUT2D eigenvalue weighted by atomic mass is 10.2. The van der Waals surface area contributed by atoms with Crippen molar-refractivity contribution >= 4 is 23.4 Å². The number of aromatic nitrogens is 2. The molecule has 4 nitrogen and oxygen atoms in total. The van der Waals surface area contributed by atoms with Gasteiger partial charge in [0.15, 0.2) is 5.69 Å². The van der Waals surface area contributed by atoms with E-state index in [4.69, 9.17) is 0 Å².